The summed E-state index contributed by atoms with van der Waals surface area (Å²) in [4.78, 5) is 11.4. The van der Waals surface area contributed by atoms with Crippen LogP contribution in [0.5, 0.6) is 0 Å². The van der Waals surface area contributed by atoms with E-state index in [1.54, 1.807) is 6.20 Å². The molecule has 0 radical (unpaired) electrons. The van der Waals surface area contributed by atoms with Crippen LogP contribution in [0.3, 0.4) is 0 Å². The number of H-pyrrole nitrogens is 1. The lowest BCUT2D eigenvalue weighted by Crippen LogP contribution is -2.26. The zero-order valence-corrected chi connectivity index (χ0v) is 8.92. The fraction of sp³-hybridized carbons (Fsp3) is 0.600. The molecule has 0 bridgehead atoms. The summed E-state index contributed by atoms with van der Waals surface area (Å²) in [6.45, 7) is 7.15. The quantitative estimate of drug-likeness (QED) is 0.769. The van der Waals surface area contributed by atoms with Gasteiger partial charge in [0.15, 0.2) is 0 Å². The molecule has 4 nitrogen and oxygen atoms in total. The Hall–Kier alpha value is -1.32. The van der Waals surface area contributed by atoms with Gasteiger partial charge >= 0.3 is 0 Å². The Kier molecular flexibility index (Phi) is 3.28. The lowest BCUT2D eigenvalue weighted by molar-refractivity contribution is 0.0949. The van der Waals surface area contributed by atoms with E-state index in [1.807, 2.05) is 0 Å². The second-order valence-electron chi connectivity index (χ2n) is 4.55. The minimum absolute atomic E-state index is 0.0667. The molecule has 4 heteroatoms. The number of nitrogens with zero attached hydrogens (tertiary/aromatic N) is 1. The van der Waals surface area contributed by atoms with Crippen molar-refractivity contribution in [1.82, 2.24) is 15.5 Å². The lowest BCUT2D eigenvalue weighted by Gasteiger charge is -2.17. The summed E-state index contributed by atoms with van der Waals surface area (Å²) in [7, 11) is 0. The normalized spacial score (nSPS) is 11.4. The molecule has 2 N–H and O–H groups in total. The van der Waals surface area contributed by atoms with Crippen molar-refractivity contribution in [3.63, 3.8) is 0 Å². The van der Waals surface area contributed by atoms with E-state index in [4.69, 9.17) is 0 Å². The zero-order chi connectivity index (χ0) is 10.6. The first kappa shape index (κ1) is 10.8. The molecule has 78 valence electrons. The van der Waals surface area contributed by atoms with Crippen molar-refractivity contribution < 1.29 is 4.79 Å². The van der Waals surface area contributed by atoms with Gasteiger partial charge in [-0.2, -0.15) is 5.10 Å². The van der Waals surface area contributed by atoms with Crippen molar-refractivity contribution in [3.05, 3.63) is 18.0 Å². The number of aromatic nitrogens is 2. The van der Waals surface area contributed by atoms with Gasteiger partial charge in [-0.1, -0.05) is 20.8 Å². The third kappa shape index (κ3) is 3.60. The summed E-state index contributed by atoms with van der Waals surface area (Å²) in [5.74, 6) is -0.0667. The van der Waals surface area contributed by atoms with Crippen LogP contribution in [0, 0.1) is 5.41 Å². The number of rotatable bonds is 3. The van der Waals surface area contributed by atoms with E-state index in [-0.39, 0.29) is 11.3 Å². The maximum absolute atomic E-state index is 11.4. The Morgan fingerprint density at radius 2 is 2.29 bits per heavy atom. The number of nitrogens with one attached hydrogen (secondary N) is 2. The molecule has 0 aromatic carbocycles. The second-order valence-corrected chi connectivity index (χ2v) is 4.55. The van der Waals surface area contributed by atoms with E-state index in [1.165, 1.54) is 6.20 Å². The molecule has 1 heterocycles. The van der Waals surface area contributed by atoms with E-state index >= 15 is 0 Å². The van der Waals surface area contributed by atoms with Gasteiger partial charge in [0, 0.05) is 12.7 Å². The van der Waals surface area contributed by atoms with Gasteiger partial charge in [0.1, 0.15) is 0 Å². The summed E-state index contributed by atoms with van der Waals surface area (Å²) >= 11 is 0. The molecule has 0 saturated carbocycles. The largest absolute Gasteiger partial charge is 0.352 e. The van der Waals surface area contributed by atoms with E-state index in [0.29, 0.717) is 12.1 Å². The minimum Gasteiger partial charge on any atom is -0.352 e. The van der Waals surface area contributed by atoms with Crippen LogP contribution in [0.25, 0.3) is 0 Å². The van der Waals surface area contributed by atoms with Crippen molar-refractivity contribution in [2.75, 3.05) is 6.54 Å². The summed E-state index contributed by atoms with van der Waals surface area (Å²) < 4.78 is 0. The van der Waals surface area contributed by atoms with Gasteiger partial charge in [0.05, 0.1) is 11.8 Å². The SMILES string of the molecule is CC(C)(C)CCNC(=O)c1cn[nH]c1. The number of aromatic amines is 1. The maximum atomic E-state index is 11.4. The standard InChI is InChI=1S/C10H17N3O/c1-10(2,3)4-5-11-9(14)8-6-12-13-7-8/h6-7H,4-5H2,1-3H3,(H,11,14)(H,12,13). The van der Waals surface area contributed by atoms with Crippen LogP contribution >= 0.6 is 0 Å². The number of carbonyl (C=O) groups is 1. The molecule has 0 unspecified atom stereocenters. The predicted molar refractivity (Wildman–Crippen MR) is 55.0 cm³/mol. The lowest BCUT2D eigenvalue weighted by atomic mass is 9.92. The Morgan fingerprint density at radius 3 is 2.79 bits per heavy atom. The monoisotopic (exact) mass is 195 g/mol. The Balaban J connectivity index is 2.30. The highest BCUT2D eigenvalue weighted by molar-refractivity contribution is 5.93. The van der Waals surface area contributed by atoms with Crippen LogP contribution in [0.4, 0.5) is 0 Å². The van der Waals surface area contributed by atoms with E-state index < -0.39 is 0 Å². The second kappa shape index (κ2) is 4.26. The fourth-order valence-electron chi connectivity index (χ4n) is 1.03. The Morgan fingerprint density at radius 1 is 1.57 bits per heavy atom. The van der Waals surface area contributed by atoms with Gasteiger partial charge in [-0.3, -0.25) is 9.89 Å². The molecule has 0 aliphatic carbocycles. The molecular formula is C10H17N3O. The highest BCUT2D eigenvalue weighted by Gasteiger charge is 2.11. The summed E-state index contributed by atoms with van der Waals surface area (Å²) in [5.41, 5.74) is 0.836. The van der Waals surface area contributed by atoms with Gasteiger partial charge in [-0.25, -0.2) is 0 Å². The van der Waals surface area contributed by atoms with Crippen molar-refractivity contribution in [2.45, 2.75) is 27.2 Å². The van der Waals surface area contributed by atoms with Gasteiger partial charge in [0.25, 0.3) is 5.91 Å². The number of amides is 1. The first-order chi connectivity index (χ1) is 6.49. The first-order valence-electron chi connectivity index (χ1n) is 4.76. The highest BCUT2D eigenvalue weighted by atomic mass is 16.1. The van der Waals surface area contributed by atoms with Gasteiger partial charge in [-0.15, -0.1) is 0 Å². The Bertz CT molecular complexity index is 285. The van der Waals surface area contributed by atoms with Crippen LogP contribution in [-0.2, 0) is 0 Å². The summed E-state index contributed by atoms with van der Waals surface area (Å²) in [5, 5.41) is 9.16. The maximum Gasteiger partial charge on any atom is 0.254 e. The molecule has 1 aromatic rings. The molecule has 14 heavy (non-hydrogen) atoms. The molecule has 1 amide bonds. The topological polar surface area (TPSA) is 57.8 Å². The summed E-state index contributed by atoms with van der Waals surface area (Å²) in [6, 6.07) is 0. The van der Waals surface area contributed by atoms with E-state index in [2.05, 4.69) is 36.3 Å². The van der Waals surface area contributed by atoms with Crippen molar-refractivity contribution >= 4 is 5.91 Å². The molecular weight excluding hydrogens is 178 g/mol. The zero-order valence-electron chi connectivity index (χ0n) is 8.92. The highest BCUT2D eigenvalue weighted by Crippen LogP contribution is 2.16. The smallest absolute Gasteiger partial charge is 0.254 e. The predicted octanol–water partition coefficient (Wildman–Crippen LogP) is 1.58. The molecule has 0 atom stereocenters. The van der Waals surface area contributed by atoms with E-state index in [9.17, 15) is 4.79 Å². The van der Waals surface area contributed by atoms with Crippen molar-refractivity contribution in [2.24, 2.45) is 5.41 Å². The van der Waals surface area contributed by atoms with Crippen molar-refractivity contribution in [1.29, 1.82) is 0 Å². The molecule has 0 spiro atoms. The number of carbonyl (C=O) groups excluding carboxylic acids is 1. The third-order valence-electron chi connectivity index (χ3n) is 1.92. The van der Waals surface area contributed by atoms with Gasteiger partial charge in [0.2, 0.25) is 0 Å². The van der Waals surface area contributed by atoms with Crippen LogP contribution in [0.1, 0.15) is 37.6 Å². The van der Waals surface area contributed by atoms with E-state index in [0.717, 1.165) is 6.42 Å². The number of hydrogen-bond donors (Lipinski definition) is 2. The van der Waals surface area contributed by atoms with Crippen molar-refractivity contribution in [3.8, 4) is 0 Å². The molecule has 1 rings (SSSR count). The minimum atomic E-state index is -0.0667. The Labute approximate surface area is 84.1 Å². The van der Waals surface area contributed by atoms with Crippen LogP contribution < -0.4 is 5.32 Å². The van der Waals surface area contributed by atoms with Gasteiger partial charge < -0.3 is 5.32 Å². The number of hydrogen-bond acceptors (Lipinski definition) is 2. The molecule has 0 aliphatic rings. The van der Waals surface area contributed by atoms with Crippen LogP contribution in [-0.4, -0.2) is 22.6 Å². The van der Waals surface area contributed by atoms with Crippen LogP contribution in [0.2, 0.25) is 0 Å². The van der Waals surface area contributed by atoms with Crippen LogP contribution in [0.15, 0.2) is 12.4 Å². The fourth-order valence-corrected chi connectivity index (χ4v) is 1.03. The summed E-state index contributed by atoms with van der Waals surface area (Å²) in [6.07, 6.45) is 4.08. The molecule has 0 aliphatic heterocycles. The first-order valence-corrected chi connectivity index (χ1v) is 4.76. The average molecular weight is 195 g/mol. The van der Waals surface area contributed by atoms with Gasteiger partial charge in [-0.05, 0) is 11.8 Å². The molecule has 0 saturated heterocycles. The molecule has 1 aromatic heterocycles. The average Bonchev–Trinajstić information content (AvgIpc) is 2.53. The molecule has 0 fully saturated rings. The third-order valence-corrected chi connectivity index (χ3v) is 1.92.